The van der Waals surface area contributed by atoms with E-state index in [9.17, 15) is 22.8 Å². The maximum atomic E-state index is 12.1. The Bertz CT molecular complexity index is 885. The highest BCUT2D eigenvalue weighted by Crippen LogP contribution is 2.20. The van der Waals surface area contributed by atoms with Gasteiger partial charge in [-0.15, -0.1) is 0 Å². The number of nitrogen functional groups attached to an aromatic ring is 1. The SMILES string of the molecule is CC.CC(C)n1cc(C#CNC(=O)C(F)(F)F)c2c(=O)[nH]c(N)nc21. The van der Waals surface area contributed by atoms with Gasteiger partial charge in [-0.05, 0) is 19.8 Å². The van der Waals surface area contributed by atoms with E-state index in [1.165, 1.54) is 11.5 Å². The lowest BCUT2D eigenvalue weighted by Crippen LogP contribution is -2.33. The van der Waals surface area contributed by atoms with E-state index in [1.807, 2.05) is 33.7 Å². The van der Waals surface area contributed by atoms with E-state index in [4.69, 9.17) is 5.73 Å². The van der Waals surface area contributed by atoms with Gasteiger partial charge in [-0.2, -0.15) is 18.2 Å². The number of hydrogen-bond donors (Lipinski definition) is 3. The third-order valence-electron chi connectivity index (χ3n) is 2.89. The highest BCUT2D eigenvalue weighted by molar-refractivity contribution is 5.85. The smallest absolute Gasteiger partial charge is 0.369 e. The fourth-order valence-electron chi connectivity index (χ4n) is 1.89. The maximum Gasteiger partial charge on any atom is 0.472 e. The molecule has 0 spiro atoms. The molecule has 2 aromatic heterocycles. The Balaban J connectivity index is 0.00000151. The Morgan fingerprint density at radius 2 is 2.00 bits per heavy atom. The second kappa shape index (κ2) is 7.74. The highest BCUT2D eigenvalue weighted by atomic mass is 19.4. The van der Waals surface area contributed by atoms with Gasteiger partial charge in [0.2, 0.25) is 5.95 Å². The summed E-state index contributed by atoms with van der Waals surface area (Å²) >= 11 is 0. The van der Waals surface area contributed by atoms with Crippen molar-refractivity contribution in [1.29, 1.82) is 0 Å². The van der Waals surface area contributed by atoms with Crippen LogP contribution in [0.25, 0.3) is 11.0 Å². The van der Waals surface area contributed by atoms with E-state index in [0.717, 1.165) is 0 Å². The molecule has 0 aliphatic heterocycles. The van der Waals surface area contributed by atoms with Crippen LogP contribution in [0.4, 0.5) is 19.1 Å². The Labute approximate surface area is 141 Å². The number of halogens is 3. The van der Waals surface area contributed by atoms with E-state index in [1.54, 1.807) is 4.57 Å². The number of aromatic nitrogens is 3. The summed E-state index contributed by atoms with van der Waals surface area (Å²) in [5.41, 5.74) is 5.31. The molecule has 0 aliphatic rings. The van der Waals surface area contributed by atoms with E-state index in [0.29, 0.717) is 0 Å². The maximum absolute atomic E-state index is 12.1. The van der Waals surface area contributed by atoms with Gasteiger partial charge in [-0.25, -0.2) is 0 Å². The average Bonchev–Trinajstić information content (AvgIpc) is 2.87. The first-order valence-electron chi connectivity index (χ1n) is 7.39. The van der Waals surface area contributed by atoms with Crippen LogP contribution in [0.15, 0.2) is 11.0 Å². The molecule has 7 nitrogen and oxygen atoms in total. The first kappa shape index (κ1) is 20.1. The summed E-state index contributed by atoms with van der Waals surface area (Å²) in [6, 6.07) is 1.81. The van der Waals surface area contributed by atoms with E-state index in [-0.39, 0.29) is 28.6 Å². The summed E-state index contributed by atoms with van der Waals surface area (Å²) in [5.74, 6) is 0.0460. The van der Waals surface area contributed by atoms with Crippen molar-refractivity contribution in [1.82, 2.24) is 19.9 Å². The van der Waals surface area contributed by atoms with Crippen molar-refractivity contribution in [3.63, 3.8) is 0 Å². The minimum atomic E-state index is -5.03. The van der Waals surface area contributed by atoms with Crippen LogP contribution in [0, 0.1) is 12.0 Å². The molecule has 0 radical (unpaired) electrons. The first-order chi connectivity index (χ1) is 11.6. The normalized spacial score (nSPS) is 10.7. The molecule has 2 heterocycles. The number of alkyl halides is 3. The molecule has 0 saturated heterocycles. The lowest BCUT2D eigenvalue weighted by atomic mass is 10.2. The molecule has 136 valence electrons. The average molecular weight is 357 g/mol. The number of carbonyl (C=O) groups excluding carboxylic acids is 1. The third-order valence-corrected chi connectivity index (χ3v) is 2.89. The van der Waals surface area contributed by atoms with Gasteiger partial charge in [-0.1, -0.05) is 13.8 Å². The van der Waals surface area contributed by atoms with E-state index >= 15 is 0 Å². The van der Waals surface area contributed by atoms with E-state index in [2.05, 4.69) is 15.9 Å². The van der Waals surface area contributed by atoms with Gasteiger partial charge >= 0.3 is 12.1 Å². The van der Waals surface area contributed by atoms with Gasteiger partial charge in [0.05, 0.1) is 10.9 Å². The molecule has 0 aliphatic carbocycles. The Morgan fingerprint density at radius 1 is 1.40 bits per heavy atom. The molecule has 10 heteroatoms. The third kappa shape index (κ3) is 4.53. The second-order valence-corrected chi connectivity index (χ2v) is 4.90. The van der Waals surface area contributed by atoms with Crippen molar-refractivity contribution in [3.05, 3.63) is 22.1 Å². The van der Waals surface area contributed by atoms with Crippen LogP contribution in [-0.2, 0) is 4.79 Å². The number of nitrogens with zero attached hydrogens (tertiary/aromatic N) is 2. The van der Waals surface area contributed by atoms with Crippen molar-refractivity contribution in [3.8, 4) is 12.0 Å². The highest BCUT2D eigenvalue weighted by Gasteiger charge is 2.38. The number of hydrogen-bond acceptors (Lipinski definition) is 4. The topological polar surface area (TPSA) is 106 Å². The molecular weight excluding hydrogens is 339 g/mol. The zero-order valence-electron chi connectivity index (χ0n) is 14.1. The number of amides is 1. The second-order valence-electron chi connectivity index (χ2n) is 4.90. The van der Waals surface area contributed by atoms with Crippen molar-refractivity contribution in [2.75, 3.05) is 5.73 Å². The molecular formula is C15H18F3N5O2. The summed E-state index contributed by atoms with van der Waals surface area (Å²) in [6.45, 7) is 7.64. The van der Waals surface area contributed by atoms with Crippen molar-refractivity contribution in [2.24, 2.45) is 0 Å². The van der Waals surface area contributed by atoms with Gasteiger partial charge in [0.15, 0.2) is 5.65 Å². The van der Waals surface area contributed by atoms with Crippen molar-refractivity contribution in [2.45, 2.75) is 39.9 Å². The number of anilines is 1. The number of aromatic amines is 1. The van der Waals surface area contributed by atoms with Gasteiger partial charge in [-0.3, -0.25) is 19.9 Å². The predicted octanol–water partition coefficient (Wildman–Crippen LogP) is 1.90. The predicted molar refractivity (Wildman–Crippen MR) is 87.6 cm³/mol. The Kier molecular flexibility index (Phi) is 6.22. The Morgan fingerprint density at radius 3 is 2.52 bits per heavy atom. The van der Waals surface area contributed by atoms with Crippen LogP contribution in [0.3, 0.4) is 0 Å². The summed E-state index contributed by atoms with van der Waals surface area (Å²) in [7, 11) is 0. The van der Waals surface area contributed by atoms with Crippen LogP contribution in [0.5, 0.6) is 0 Å². The molecule has 0 fully saturated rings. The number of rotatable bonds is 1. The quantitative estimate of drug-likeness (QED) is 0.535. The van der Waals surface area contributed by atoms with Crippen LogP contribution >= 0.6 is 0 Å². The molecule has 2 rings (SSSR count). The zero-order valence-corrected chi connectivity index (χ0v) is 14.1. The first-order valence-corrected chi connectivity index (χ1v) is 7.39. The van der Waals surface area contributed by atoms with Gasteiger partial charge in [0.1, 0.15) is 0 Å². The fraction of sp³-hybridized carbons (Fsp3) is 0.400. The molecule has 0 atom stereocenters. The summed E-state index contributed by atoms with van der Waals surface area (Å²) in [6.07, 6.45) is -3.57. The number of nitrogens with one attached hydrogen (secondary N) is 2. The van der Waals surface area contributed by atoms with Gasteiger partial charge in [0, 0.05) is 18.3 Å². The number of carbonyl (C=O) groups is 1. The number of fused-ring (bicyclic) bond motifs is 1. The molecule has 2 aromatic rings. The zero-order chi connectivity index (χ0) is 19.4. The summed E-state index contributed by atoms with van der Waals surface area (Å²) in [4.78, 5) is 29.0. The summed E-state index contributed by atoms with van der Waals surface area (Å²) in [5, 5.41) is 1.50. The molecule has 25 heavy (non-hydrogen) atoms. The molecule has 0 saturated carbocycles. The summed E-state index contributed by atoms with van der Waals surface area (Å²) < 4.78 is 37.9. The molecule has 0 bridgehead atoms. The fourth-order valence-corrected chi connectivity index (χ4v) is 1.89. The lowest BCUT2D eigenvalue weighted by Gasteiger charge is -2.07. The monoisotopic (exact) mass is 357 g/mol. The largest absolute Gasteiger partial charge is 0.472 e. The van der Waals surface area contributed by atoms with Crippen molar-refractivity contribution >= 4 is 22.9 Å². The van der Waals surface area contributed by atoms with Gasteiger partial charge in [0.25, 0.3) is 5.56 Å². The minimum Gasteiger partial charge on any atom is -0.369 e. The number of nitrogens with two attached hydrogens (primary N) is 1. The van der Waals surface area contributed by atoms with Crippen molar-refractivity contribution < 1.29 is 18.0 Å². The van der Waals surface area contributed by atoms with E-state index < -0.39 is 17.6 Å². The molecule has 0 aromatic carbocycles. The van der Waals surface area contributed by atoms with Gasteiger partial charge < -0.3 is 10.3 Å². The standard InChI is InChI=1S/C13H12F3N5O2.C2H6/c1-6(2)21-5-7(3-4-18-11(23)13(14,15)16)8-9(21)19-12(17)20-10(8)22;1-2/h5-6H,1-2H3,(H,18,23)(H3,17,19,20,22);1-2H3. The lowest BCUT2D eigenvalue weighted by molar-refractivity contribution is -0.172. The van der Waals surface area contributed by atoms with Crippen LogP contribution in [0.1, 0.15) is 39.3 Å². The Hall–Kier alpha value is -2.96. The molecule has 4 N–H and O–H groups in total. The molecule has 0 unspecified atom stereocenters. The van der Waals surface area contributed by atoms with Crippen LogP contribution < -0.4 is 16.6 Å². The van der Waals surface area contributed by atoms with Crippen LogP contribution in [-0.4, -0.2) is 26.6 Å². The number of H-pyrrole nitrogens is 1. The molecule has 1 amide bonds. The minimum absolute atomic E-state index is 0.0849. The van der Waals surface area contributed by atoms with Crippen LogP contribution in [0.2, 0.25) is 0 Å².